The molecular weight excluding hydrogens is 1790 g/mol. The maximum Gasteiger partial charge on any atom is 0.0158 e. The number of aryl methyl sites for hydroxylation is 2. The van der Waals surface area contributed by atoms with E-state index in [0.29, 0.717) is 0 Å². The summed E-state index contributed by atoms with van der Waals surface area (Å²) in [7, 11) is 0. The molecule has 3 aliphatic rings. The highest BCUT2D eigenvalue weighted by atomic mass is 14.4. The third-order valence-electron chi connectivity index (χ3n) is 33.1. The number of hydrogen-bond donors (Lipinski definition) is 0. The molecule has 26 aromatic rings. The monoisotopic (exact) mass is 1900 g/mol. The van der Waals surface area contributed by atoms with Gasteiger partial charge in [-0.1, -0.05) is 496 Å². The van der Waals surface area contributed by atoms with Crippen molar-refractivity contribution in [3.63, 3.8) is 0 Å². The van der Waals surface area contributed by atoms with E-state index in [9.17, 15) is 0 Å². The second-order valence-electron chi connectivity index (χ2n) is 42.8. The minimum absolute atomic E-state index is 0.0231. The summed E-state index contributed by atoms with van der Waals surface area (Å²) < 4.78 is 0. The quantitative estimate of drug-likeness (QED) is 0.113. The first-order valence-corrected chi connectivity index (χ1v) is 52.5. The Morgan fingerprint density at radius 3 is 0.765 bits per heavy atom. The standard InChI is InChI=1S/2C51H36.C47H36/c1-51(2)47-23-13-12-19-40(47)45-32-38(27-29-48(45)51)49-42-21-10-11-22-43(42)50(41-20-9-8-18-39(41)34-15-4-3-5-16-34)44-28-26-37(31-46(44)49)36-25-24-33-14-6-7-17-35(33)30-36;1-51(2)47-22-11-10-19-41(47)45-32-40(26-28-48(45)51)50-43-21-9-8-20-42(43)49(39-18-12-17-36(30-39)33-13-4-3-5-14-33)44-27-25-38(31-46(44)50)37-24-23-34-15-6-7-16-35(34)29-37;1-29-17-22-36(30(2)25-29)46-39-15-8-7-14-38(39)45(35-21-24-44-41(28-35)37-13-9-10-16-43(37)47(44,3)4)42-27-34(20-23-40(42)46)33-19-18-31-11-5-6-12-32(31)26-33/h2*3-32H,1-2H3;5-28H,1-4H3. The van der Waals surface area contributed by atoms with Gasteiger partial charge in [-0.15, -0.1) is 0 Å². The lowest BCUT2D eigenvalue weighted by Gasteiger charge is -2.22. The van der Waals surface area contributed by atoms with Crippen LogP contribution in [0.4, 0.5) is 0 Å². The van der Waals surface area contributed by atoms with E-state index in [-0.39, 0.29) is 16.2 Å². The fourth-order valence-corrected chi connectivity index (χ4v) is 25.8. The zero-order valence-corrected chi connectivity index (χ0v) is 85.0. The van der Waals surface area contributed by atoms with E-state index in [1.165, 1.54) is 297 Å². The first-order chi connectivity index (χ1) is 73.0. The molecular formula is C149H108. The number of hydrogen-bond acceptors (Lipinski definition) is 0. The second kappa shape index (κ2) is 35.8. The molecule has 704 valence electrons. The van der Waals surface area contributed by atoms with Crippen molar-refractivity contribution in [3.05, 3.63) is 554 Å². The molecule has 0 aromatic heterocycles. The SMILES string of the molecule is CC1(C)c2ccccc2-c2cc(-c3c4ccccc4c(-c4cccc(-c5ccccc5)c4)c4ccc(-c5ccc6ccccc6c5)cc34)ccc21.CC1(C)c2ccccc2-c2cc(-c3c4ccccc4c(-c4ccccc4-c4ccccc4)c4ccc(-c5ccc6ccccc6c5)cc34)ccc21.Cc1ccc(-c2c3ccccc3c(-c3ccc4c(c3)-c3ccccc3C4(C)C)c3cc(-c4ccc5ccccc5c4)ccc23)c(C)c1. The van der Waals surface area contributed by atoms with Gasteiger partial charge in [0.05, 0.1) is 0 Å². The average Bonchev–Trinajstić information content (AvgIpc) is 1.57. The van der Waals surface area contributed by atoms with E-state index in [4.69, 9.17) is 0 Å². The molecule has 0 aliphatic heterocycles. The van der Waals surface area contributed by atoms with Crippen LogP contribution < -0.4 is 0 Å². The van der Waals surface area contributed by atoms with Crippen LogP contribution in [0.15, 0.2) is 510 Å². The van der Waals surface area contributed by atoms with Gasteiger partial charge in [0.2, 0.25) is 0 Å². The summed E-state index contributed by atoms with van der Waals surface area (Å²) in [4.78, 5) is 0. The maximum atomic E-state index is 2.46. The Morgan fingerprint density at radius 1 is 0.121 bits per heavy atom. The Hall–Kier alpha value is -17.9. The third-order valence-corrected chi connectivity index (χ3v) is 33.1. The molecule has 0 amide bonds. The molecule has 0 spiro atoms. The minimum atomic E-state index is -0.0388. The third kappa shape index (κ3) is 15.1. The molecule has 0 N–H and O–H groups in total. The van der Waals surface area contributed by atoms with Crippen LogP contribution in [0, 0.1) is 13.8 Å². The lowest BCUT2D eigenvalue weighted by Crippen LogP contribution is -2.14. The summed E-state index contributed by atoms with van der Waals surface area (Å²) in [6.07, 6.45) is 0. The fourth-order valence-electron chi connectivity index (χ4n) is 25.8. The molecule has 0 heteroatoms. The summed E-state index contributed by atoms with van der Waals surface area (Å²) >= 11 is 0. The van der Waals surface area contributed by atoms with Crippen molar-refractivity contribution < 1.29 is 0 Å². The topological polar surface area (TPSA) is 0 Å². The van der Waals surface area contributed by atoms with Gasteiger partial charge in [-0.3, -0.25) is 0 Å². The van der Waals surface area contributed by atoms with Gasteiger partial charge in [0.1, 0.15) is 0 Å². The smallest absolute Gasteiger partial charge is 0.0158 e. The zero-order valence-electron chi connectivity index (χ0n) is 85.0. The molecule has 0 saturated carbocycles. The van der Waals surface area contributed by atoms with Crippen LogP contribution >= 0.6 is 0 Å². The molecule has 0 bridgehead atoms. The van der Waals surface area contributed by atoms with E-state index in [2.05, 4.69) is 565 Å². The molecule has 0 atom stereocenters. The van der Waals surface area contributed by atoms with Crippen molar-refractivity contribution >= 4 is 97.0 Å². The van der Waals surface area contributed by atoms with Crippen LogP contribution in [-0.4, -0.2) is 0 Å². The van der Waals surface area contributed by atoms with Gasteiger partial charge in [0, 0.05) is 16.2 Å². The summed E-state index contributed by atoms with van der Waals surface area (Å²) in [6, 6.07) is 190. The Kier molecular flexibility index (Phi) is 21.6. The highest BCUT2D eigenvalue weighted by Gasteiger charge is 2.40. The van der Waals surface area contributed by atoms with E-state index in [1.807, 2.05) is 0 Å². The van der Waals surface area contributed by atoms with E-state index < -0.39 is 0 Å². The van der Waals surface area contributed by atoms with Crippen molar-refractivity contribution in [2.24, 2.45) is 0 Å². The molecule has 0 saturated heterocycles. The minimum Gasteiger partial charge on any atom is -0.0622 e. The summed E-state index contributed by atoms with van der Waals surface area (Å²) in [5, 5.41) is 22.9. The second-order valence-corrected chi connectivity index (χ2v) is 42.8. The van der Waals surface area contributed by atoms with Gasteiger partial charge in [-0.25, -0.2) is 0 Å². The Bertz CT molecular complexity index is 10000. The normalized spacial score (nSPS) is 13.1. The Morgan fingerprint density at radius 2 is 0.376 bits per heavy atom. The van der Waals surface area contributed by atoms with Crippen molar-refractivity contribution in [3.8, 4) is 156 Å². The molecule has 0 radical (unpaired) electrons. The molecule has 0 heterocycles. The molecule has 0 unspecified atom stereocenters. The molecule has 29 rings (SSSR count). The summed E-state index contributed by atoms with van der Waals surface area (Å²) in [6.45, 7) is 18.6. The summed E-state index contributed by atoms with van der Waals surface area (Å²) in [5.74, 6) is 0. The van der Waals surface area contributed by atoms with Crippen molar-refractivity contribution in [2.75, 3.05) is 0 Å². The van der Waals surface area contributed by atoms with Gasteiger partial charge in [0.25, 0.3) is 0 Å². The van der Waals surface area contributed by atoms with Gasteiger partial charge < -0.3 is 0 Å². The predicted octanol–water partition coefficient (Wildman–Crippen LogP) is 41.3. The Labute approximate surface area is 871 Å². The van der Waals surface area contributed by atoms with Gasteiger partial charge >= 0.3 is 0 Å². The molecule has 0 nitrogen and oxygen atoms in total. The number of benzene rings is 26. The van der Waals surface area contributed by atoms with Gasteiger partial charge in [-0.2, -0.15) is 0 Å². The van der Waals surface area contributed by atoms with Crippen molar-refractivity contribution in [2.45, 2.75) is 71.6 Å². The molecule has 0 fully saturated rings. The van der Waals surface area contributed by atoms with Crippen LogP contribution in [-0.2, 0) is 16.2 Å². The Balaban J connectivity index is 0.000000110. The molecule has 3 aliphatic carbocycles. The van der Waals surface area contributed by atoms with Crippen LogP contribution in [0.2, 0.25) is 0 Å². The van der Waals surface area contributed by atoms with E-state index in [0.717, 1.165) is 0 Å². The van der Waals surface area contributed by atoms with Crippen LogP contribution in [0.5, 0.6) is 0 Å². The number of rotatable bonds is 11. The van der Waals surface area contributed by atoms with E-state index >= 15 is 0 Å². The predicted molar refractivity (Wildman–Crippen MR) is 639 cm³/mol. The maximum absolute atomic E-state index is 2.46. The van der Waals surface area contributed by atoms with E-state index in [1.54, 1.807) is 0 Å². The van der Waals surface area contributed by atoms with Crippen LogP contribution in [0.1, 0.15) is 86.1 Å². The highest BCUT2D eigenvalue weighted by Crippen LogP contribution is 2.58. The van der Waals surface area contributed by atoms with Crippen molar-refractivity contribution in [1.29, 1.82) is 0 Å². The summed E-state index contributed by atoms with van der Waals surface area (Å²) in [5.41, 5.74) is 46.6. The lowest BCUT2D eigenvalue weighted by atomic mass is 9.81. The first kappa shape index (κ1) is 89.9. The largest absolute Gasteiger partial charge is 0.0622 e. The van der Waals surface area contributed by atoms with Gasteiger partial charge in [0.15, 0.2) is 0 Å². The average molecular weight is 1900 g/mol. The first-order valence-electron chi connectivity index (χ1n) is 52.5. The lowest BCUT2D eigenvalue weighted by molar-refractivity contribution is 0.660. The van der Waals surface area contributed by atoms with Gasteiger partial charge in [-0.05, 0) is 366 Å². The fraction of sp³-hybridized carbons (Fsp3) is 0.0738. The zero-order chi connectivity index (χ0) is 100. The molecule has 149 heavy (non-hydrogen) atoms. The highest BCUT2D eigenvalue weighted by molar-refractivity contribution is 6.26. The number of fused-ring (bicyclic) bond motifs is 18. The van der Waals surface area contributed by atoms with Crippen LogP contribution in [0.3, 0.4) is 0 Å². The molecule has 26 aromatic carbocycles. The van der Waals surface area contributed by atoms with Crippen molar-refractivity contribution in [1.82, 2.24) is 0 Å². The van der Waals surface area contributed by atoms with Crippen LogP contribution in [0.25, 0.3) is 253 Å².